The van der Waals surface area contributed by atoms with E-state index in [0.717, 1.165) is 18.4 Å². The van der Waals surface area contributed by atoms with Crippen molar-refractivity contribution in [2.75, 3.05) is 47.0 Å². The Labute approximate surface area is 153 Å². The number of benzene rings is 1. The molecule has 2 aliphatic rings. The summed E-state index contributed by atoms with van der Waals surface area (Å²) in [7, 11) is 3.18. The number of ether oxygens (including phenoxy) is 3. The van der Waals surface area contributed by atoms with E-state index in [-0.39, 0.29) is 24.3 Å². The van der Waals surface area contributed by atoms with Crippen LogP contribution in [0.15, 0.2) is 18.2 Å². The summed E-state index contributed by atoms with van der Waals surface area (Å²) in [5.41, 5.74) is 0.830. The largest absolute Gasteiger partial charge is 0.497 e. The van der Waals surface area contributed by atoms with E-state index in [2.05, 4.69) is 0 Å². The molecule has 0 N–H and O–H groups in total. The Morgan fingerprint density at radius 2 is 1.85 bits per heavy atom. The minimum atomic E-state index is -0.291. The predicted molar refractivity (Wildman–Crippen MR) is 95.4 cm³/mol. The molecular weight excluding hydrogens is 336 g/mol. The first-order valence-corrected chi connectivity index (χ1v) is 9.01. The van der Waals surface area contributed by atoms with Gasteiger partial charge in [0.25, 0.3) is 5.91 Å². The molecule has 0 aromatic heterocycles. The highest BCUT2D eigenvalue weighted by molar-refractivity contribution is 5.82. The number of rotatable bonds is 5. The van der Waals surface area contributed by atoms with Crippen molar-refractivity contribution in [2.45, 2.75) is 25.4 Å². The van der Waals surface area contributed by atoms with Crippen LogP contribution in [0.3, 0.4) is 0 Å². The average molecular weight is 362 g/mol. The summed E-state index contributed by atoms with van der Waals surface area (Å²) in [6.45, 7) is 2.89. The number of hydrogen-bond acceptors (Lipinski definition) is 5. The standard InChI is InChI=1S/C19H26N2O5/c1-24-15-6-5-14(17(13-15)25-2)12-18(22)20-7-9-21(10-8-20)19(23)16-4-3-11-26-16/h5-6,13,16H,3-4,7-12H2,1-2H3. The summed E-state index contributed by atoms with van der Waals surface area (Å²) in [6.07, 6.45) is 1.72. The molecule has 0 radical (unpaired) electrons. The van der Waals surface area contributed by atoms with Gasteiger partial charge in [-0.25, -0.2) is 0 Å². The van der Waals surface area contributed by atoms with Gasteiger partial charge in [0.15, 0.2) is 0 Å². The first kappa shape index (κ1) is 18.5. The molecule has 2 fully saturated rings. The molecule has 1 unspecified atom stereocenters. The minimum absolute atomic E-state index is 0.0395. The maximum atomic E-state index is 12.6. The van der Waals surface area contributed by atoms with Gasteiger partial charge < -0.3 is 24.0 Å². The molecule has 0 aliphatic carbocycles. The lowest BCUT2D eigenvalue weighted by Gasteiger charge is -2.35. The van der Waals surface area contributed by atoms with Crippen LogP contribution >= 0.6 is 0 Å². The van der Waals surface area contributed by atoms with Crippen LogP contribution in [0, 0.1) is 0 Å². The molecule has 2 saturated heterocycles. The quantitative estimate of drug-likeness (QED) is 0.785. The molecule has 0 bridgehead atoms. The minimum Gasteiger partial charge on any atom is -0.497 e. The zero-order valence-corrected chi connectivity index (χ0v) is 15.4. The summed E-state index contributed by atoms with van der Waals surface area (Å²) in [5, 5.41) is 0. The number of methoxy groups -OCH3 is 2. The summed E-state index contributed by atoms with van der Waals surface area (Å²) >= 11 is 0. The van der Waals surface area contributed by atoms with E-state index in [1.165, 1.54) is 0 Å². The summed E-state index contributed by atoms with van der Waals surface area (Å²) in [4.78, 5) is 28.6. The average Bonchev–Trinajstić information content (AvgIpc) is 3.22. The van der Waals surface area contributed by atoms with Crippen LogP contribution in [0.2, 0.25) is 0 Å². The number of nitrogens with zero attached hydrogens (tertiary/aromatic N) is 2. The SMILES string of the molecule is COc1ccc(CC(=O)N2CCN(C(=O)C3CCCO3)CC2)c(OC)c1. The molecule has 0 spiro atoms. The molecule has 142 valence electrons. The summed E-state index contributed by atoms with van der Waals surface area (Å²) in [5.74, 6) is 1.44. The molecule has 2 amide bonds. The lowest BCUT2D eigenvalue weighted by atomic mass is 10.1. The second-order valence-corrected chi connectivity index (χ2v) is 6.56. The van der Waals surface area contributed by atoms with Crippen molar-refractivity contribution in [1.82, 2.24) is 9.80 Å². The van der Waals surface area contributed by atoms with Gasteiger partial charge in [0.2, 0.25) is 5.91 Å². The van der Waals surface area contributed by atoms with Gasteiger partial charge in [-0.3, -0.25) is 9.59 Å². The lowest BCUT2D eigenvalue weighted by Crippen LogP contribution is -2.53. The highest BCUT2D eigenvalue weighted by Crippen LogP contribution is 2.25. The Bertz CT molecular complexity index is 649. The summed E-state index contributed by atoms with van der Waals surface area (Å²) < 4.78 is 16.0. The fourth-order valence-corrected chi connectivity index (χ4v) is 3.42. The first-order chi connectivity index (χ1) is 12.6. The molecular formula is C19H26N2O5. The molecule has 7 heteroatoms. The van der Waals surface area contributed by atoms with Crippen LogP contribution in [-0.4, -0.2) is 74.7 Å². The van der Waals surface area contributed by atoms with E-state index >= 15 is 0 Å². The molecule has 1 aromatic rings. The van der Waals surface area contributed by atoms with Crippen LogP contribution in [0.1, 0.15) is 18.4 Å². The van der Waals surface area contributed by atoms with E-state index in [1.54, 1.807) is 20.3 Å². The number of piperazine rings is 1. The molecule has 7 nitrogen and oxygen atoms in total. The molecule has 0 saturated carbocycles. The van der Waals surface area contributed by atoms with Crippen LogP contribution < -0.4 is 9.47 Å². The van der Waals surface area contributed by atoms with Gasteiger partial charge in [-0.1, -0.05) is 6.07 Å². The van der Waals surface area contributed by atoms with Gasteiger partial charge in [0, 0.05) is 44.4 Å². The van der Waals surface area contributed by atoms with E-state index < -0.39 is 0 Å². The highest BCUT2D eigenvalue weighted by atomic mass is 16.5. The van der Waals surface area contributed by atoms with Crippen molar-refractivity contribution in [3.05, 3.63) is 23.8 Å². The topological polar surface area (TPSA) is 68.3 Å². The molecule has 26 heavy (non-hydrogen) atoms. The van der Waals surface area contributed by atoms with Crippen LogP contribution in [0.4, 0.5) is 0 Å². The second kappa shape index (κ2) is 8.40. The zero-order chi connectivity index (χ0) is 18.5. The maximum absolute atomic E-state index is 12.6. The van der Waals surface area contributed by atoms with E-state index in [1.807, 2.05) is 21.9 Å². The third kappa shape index (κ3) is 4.09. The smallest absolute Gasteiger partial charge is 0.251 e. The number of carbonyl (C=O) groups is 2. The monoisotopic (exact) mass is 362 g/mol. The lowest BCUT2D eigenvalue weighted by molar-refractivity contribution is -0.145. The highest BCUT2D eigenvalue weighted by Gasteiger charge is 2.31. The third-order valence-corrected chi connectivity index (χ3v) is 4.99. The Morgan fingerprint density at radius 1 is 1.12 bits per heavy atom. The number of hydrogen-bond donors (Lipinski definition) is 0. The van der Waals surface area contributed by atoms with Crippen molar-refractivity contribution in [3.63, 3.8) is 0 Å². The van der Waals surface area contributed by atoms with Gasteiger partial charge in [-0.2, -0.15) is 0 Å². The van der Waals surface area contributed by atoms with Gasteiger partial charge >= 0.3 is 0 Å². The van der Waals surface area contributed by atoms with Gasteiger partial charge in [-0.05, 0) is 18.9 Å². The van der Waals surface area contributed by atoms with Crippen LogP contribution in [-0.2, 0) is 20.7 Å². The van der Waals surface area contributed by atoms with Gasteiger partial charge in [0.05, 0.1) is 20.6 Å². The van der Waals surface area contributed by atoms with Crippen LogP contribution in [0.5, 0.6) is 11.5 Å². The van der Waals surface area contributed by atoms with Crippen molar-refractivity contribution < 1.29 is 23.8 Å². The zero-order valence-electron chi connectivity index (χ0n) is 15.4. The van der Waals surface area contributed by atoms with Gasteiger partial charge in [0.1, 0.15) is 17.6 Å². The Morgan fingerprint density at radius 3 is 2.46 bits per heavy atom. The van der Waals surface area contributed by atoms with E-state index in [9.17, 15) is 9.59 Å². The molecule has 2 aliphatic heterocycles. The Balaban J connectivity index is 1.54. The Hall–Kier alpha value is -2.28. The first-order valence-electron chi connectivity index (χ1n) is 9.01. The molecule has 1 aromatic carbocycles. The van der Waals surface area contributed by atoms with Gasteiger partial charge in [-0.15, -0.1) is 0 Å². The molecule has 2 heterocycles. The van der Waals surface area contributed by atoms with E-state index in [0.29, 0.717) is 44.3 Å². The van der Waals surface area contributed by atoms with Crippen molar-refractivity contribution in [2.24, 2.45) is 0 Å². The fourth-order valence-electron chi connectivity index (χ4n) is 3.42. The maximum Gasteiger partial charge on any atom is 0.251 e. The predicted octanol–water partition coefficient (Wildman–Crippen LogP) is 1.10. The van der Waals surface area contributed by atoms with Crippen molar-refractivity contribution >= 4 is 11.8 Å². The summed E-state index contributed by atoms with van der Waals surface area (Å²) in [6, 6.07) is 5.46. The number of carbonyl (C=O) groups excluding carboxylic acids is 2. The van der Waals surface area contributed by atoms with E-state index in [4.69, 9.17) is 14.2 Å². The normalized spacial score (nSPS) is 20.2. The molecule has 3 rings (SSSR count). The van der Waals surface area contributed by atoms with Crippen molar-refractivity contribution in [1.29, 1.82) is 0 Å². The Kier molecular flexibility index (Phi) is 5.98. The van der Waals surface area contributed by atoms with Crippen molar-refractivity contribution in [3.8, 4) is 11.5 Å². The van der Waals surface area contributed by atoms with Crippen LogP contribution in [0.25, 0.3) is 0 Å². The molecule has 1 atom stereocenters. The fraction of sp³-hybridized carbons (Fsp3) is 0.579. The number of amides is 2. The second-order valence-electron chi connectivity index (χ2n) is 6.56. The third-order valence-electron chi connectivity index (χ3n) is 4.99.